The van der Waals surface area contributed by atoms with Crippen molar-refractivity contribution in [3.8, 4) is 0 Å². The highest BCUT2D eigenvalue weighted by Crippen LogP contribution is 2.66. The molecule has 3 fully saturated rings. The Balaban J connectivity index is 1.27. The van der Waals surface area contributed by atoms with Crippen molar-refractivity contribution in [3.63, 3.8) is 0 Å². The van der Waals surface area contributed by atoms with Crippen LogP contribution in [0.5, 0.6) is 0 Å². The van der Waals surface area contributed by atoms with Gasteiger partial charge in [-0.2, -0.15) is 0 Å². The molecule has 1 aliphatic heterocycles. The minimum atomic E-state index is -1.39. The maximum Gasteiger partial charge on any atom is 0.186 e. The van der Waals surface area contributed by atoms with Crippen LogP contribution in [0.1, 0.15) is 106 Å². The number of hydrogen-bond acceptors (Lipinski definition) is 6. The number of rotatable bonds is 8. The standard InChI is InChI=1S/C35H58O6/c1-7-22(20(2)3)9-8-21(4)26-12-13-27-25-11-10-23-18-24(14-16-34(23,5)28(25)15-17-35(26,27)6)40-33-32(39)31(38)30(37)29(19-36)41-33/h8-9,20-24,26-27,29-33,36-39H,7,10-19H2,1-6H3/t21-,22+,23-,24+,26+,27+,29+,30+,31-,32+,33+,34-,35+/m0/s1. The van der Waals surface area contributed by atoms with Gasteiger partial charge in [0.05, 0.1) is 12.7 Å². The van der Waals surface area contributed by atoms with Crippen molar-refractivity contribution in [3.05, 3.63) is 23.3 Å². The minimum Gasteiger partial charge on any atom is -0.394 e. The second-order valence-corrected chi connectivity index (χ2v) is 15.2. The summed E-state index contributed by atoms with van der Waals surface area (Å²) in [5.74, 6) is 4.03. The molecular weight excluding hydrogens is 516 g/mol. The molecule has 5 aliphatic rings. The van der Waals surface area contributed by atoms with Crippen LogP contribution in [0.3, 0.4) is 0 Å². The zero-order valence-electron chi connectivity index (χ0n) is 26.5. The first-order valence-corrected chi connectivity index (χ1v) is 16.8. The predicted octanol–water partition coefficient (Wildman–Crippen LogP) is 5.77. The van der Waals surface area contributed by atoms with E-state index in [2.05, 4.69) is 53.7 Å². The molecule has 0 spiro atoms. The Morgan fingerprint density at radius 1 is 0.951 bits per heavy atom. The minimum absolute atomic E-state index is 0.0631. The lowest BCUT2D eigenvalue weighted by molar-refractivity contribution is -0.315. The van der Waals surface area contributed by atoms with Gasteiger partial charge in [-0.3, -0.25) is 0 Å². The van der Waals surface area contributed by atoms with Gasteiger partial charge in [0.2, 0.25) is 0 Å². The third-order valence-electron chi connectivity index (χ3n) is 12.8. The largest absolute Gasteiger partial charge is 0.394 e. The molecule has 1 saturated heterocycles. The van der Waals surface area contributed by atoms with E-state index < -0.39 is 37.3 Å². The Hall–Kier alpha value is -0.760. The van der Waals surface area contributed by atoms with Crippen molar-refractivity contribution in [1.29, 1.82) is 0 Å². The van der Waals surface area contributed by atoms with E-state index in [1.807, 2.05) is 0 Å². The fourth-order valence-corrected chi connectivity index (χ4v) is 10.1. The Labute approximate surface area is 248 Å². The SMILES string of the molecule is CC[C@H](C=C[C@H](C)[C@H]1CC[C@@H]2C3=C(CC[C@@]21C)[C@@]1(C)CC[C@@H](O[C@@H]2O[C@H](CO)[C@@H](O)[C@H](O)[C@H]2O)C[C@@H]1CC3)C(C)C. The van der Waals surface area contributed by atoms with E-state index >= 15 is 0 Å². The highest BCUT2D eigenvalue weighted by Gasteiger charge is 2.56. The summed E-state index contributed by atoms with van der Waals surface area (Å²) in [6.45, 7) is 14.2. The smallest absolute Gasteiger partial charge is 0.186 e. The van der Waals surface area contributed by atoms with Crippen LogP contribution in [0.4, 0.5) is 0 Å². The highest BCUT2D eigenvalue weighted by molar-refractivity contribution is 5.34. The van der Waals surface area contributed by atoms with Crippen LogP contribution in [0.2, 0.25) is 0 Å². The van der Waals surface area contributed by atoms with Gasteiger partial charge < -0.3 is 29.9 Å². The lowest BCUT2D eigenvalue weighted by atomic mass is 9.50. The van der Waals surface area contributed by atoms with Crippen LogP contribution in [0, 0.1) is 46.3 Å². The fraction of sp³-hybridized carbons (Fsp3) is 0.886. The zero-order valence-corrected chi connectivity index (χ0v) is 26.5. The third-order valence-corrected chi connectivity index (χ3v) is 12.8. The second-order valence-electron chi connectivity index (χ2n) is 15.2. The van der Waals surface area contributed by atoms with Gasteiger partial charge in [-0.1, -0.05) is 64.8 Å². The Kier molecular flexibility index (Phi) is 9.51. The number of aliphatic hydroxyl groups excluding tert-OH is 4. The second kappa shape index (κ2) is 12.3. The number of hydrogen-bond donors (Lipinski definition) is 4. The van der Waals surface area contributed by atoms with Gasteiger partial charge in [0.25, 0.3) is 0 Å². The molecular formula is C35H58O6. The molecule has 0 radical (unpaired) electrons. The van der Waals surface area contributed by atoms with Crippen molar-refractivity contribution >= 4 is 0 Å². The number of aliphatic hydroxyl groups is 4. The fourth-order valence-electron chi connectivity index (χ4n) is 10.1. The lowest BCUT2D eigenvalue weighted by Gasteiger charge is -2.55. The Bertz CT molecular complexity index is 974. The lowest BCUT2D eigenvalue weighted by Crippen LogP contribution is -2.60. The molecule has 13 atom stereocenters. The third kappa shape index (κ3) is 5.64. The molecule has 4 aliphatic carbocycles. The average molecular weight is 575 g/mol. The summed E-state index contributed by atoms with van der Waals surface area (Å²) in [4.78, 5) is 0. The van der Waals surface area contributed by atoms with Crippen molar-refractivity contribution in [1.82, 2.24) is 0 Å². The van der Waals surface area contributed by atoms with Gasteiger partial charge in [-0.25, -0.2) is 0 Å². The first-order valence-electron chi connectivity index (χ1n) is 16.8. The van der Waals surface area contributed by atoms with Gasteiger partial charge in [-0.05, 0) is 111 Å². The van der Waals surface area contributed by atoms with Crippen LogP contribution in [0.15, 0.2) is 23.3 Å². The molecule has 234 valence electrons. The van der Waals surface area contributed by atoms with Gasteiger partial charge in [0, 0.05) is 0 Å². The summed E-state index contributed by atoms with van der Waals surface area (Å²) >= 11 is 0. The normalized spacial score (nSPS) is 46.4. The first kappa shape index (κ1) is 31.7. The predicted molar refractivity (Wildman–Crippen MR) is 161 cm³/mol. The highest BCUT2D eigenvalue weighted by atomic mass is 16.7. The zero-order chi connectivity index (χ0) is 29.7. The van der Waals surface area contributed by atoms with E-state index in [-0.39, 0.29) is 11.5 Å². The van der Waals surface area contributed by atoms with Crippen LogP contribution in [-0.2, 0) is 9.47 Å². The molecule has 6 heteroatoms. The van der Waals surface area contributed by atoms with E-state index in [1.165, 1.54) is 44.9 Å². The Morgan fingerprint density at radius 2 is 1.71 bits per heavy atom. The van der Waals surface area contributed by atoms with Gasteiger partial charge in [0.15, 0.2) is 6.29 Å². The molecule has 4 N–H and O–H groups in total. The van der Waals surface area contributed by atoms with Crippen LogP contribution < -0.4 is 0 Å². The molecule has 0 aromatic carbocycles. The summed E-state index contributed by atoms with van der Waals surface area (Å²) in [5, 5.41) is 40.4. The van der Waals surface area contributed by atoms with E-state index in [4.69, 9.17) is 9.47 Å². The number of ether oxygens (including phenoxy) is 2. The van der Waals surface area contributed by atoms with Gasteiger partial charge in [-0.15, -0.1) is 0 Å². The summed E-state index contributed by atoms with van der Waals surface area (Å²) in [6, 6.07) is 0. The maximum atomic E-state index is 10.5. The topological polar surface area (TPSA) is 99.4 Å². The van der Waals surface area contributed by atoms with Gasteiger partial charge in [0.1, 0.15) is 24.4 Å². The van der Waals surface area contributed by atoms with Gasteiger partial charge >= 0.3 is 0 Å². The molecule has 6 nitrogen and oxygen atoms in total. The van der Waals surface area contributed by atoms with E-state index in [1.54, 1.807) is 11.1 Å². The van der Waals surface area contributed by atoms with Crippen molar-refractivity contribution in [2.24, 2.45) is 46.3 Å². The summed E-state index contributed by atoms with van der Waals surface area (Å²) in [5.41, 5.74) is 4.17. The summed E-state index contributed by atoms with van der Waals surface area (Å²) in [7, 11) is 0. The van der Waals surface area contributed by atoms with E-state index in [0.29, 0.717) is 29.1 Å². The summed E-state index contributed by atoms with van der Waals surface area (Å²) in [6.07, 6.45) is 10.7. The molecule has 0 aromatic heterocycles. The Morgan fingerprint density at radius 3 is 2.39 bits per heavy atom. The first-order chi connectivity index (χ1) is 19.4. The molecule has 0 bridgehead atoms. The van der Waals surface area contributed by atoms with E-state index in [9.17, 15) is 20.4 Å². The molecule has 0 amide bonds. The van der Waals surface area contributed by atoms with Crippen LogP contribution in [-0.4, -0.2) is 63.8 Å². The quantitative estimate of drug-likeness (QED) is 0.275. The molecule has 5 rings (SSSR count). The van der Waals surface area contributed by atoms with E-state index in [0.717, 1.165) is 31.1 Å². The van der Waals surface area contributed by atoms with Crippen LogP contribution in [0.25, 0.3) is 0 Å². The average Bonchev–Trinajstić information content (AvgIpc) is 3.30. The monoisotopic (exact) mass is 574 g/mol. The van der Waals surface area contributed by atoms with Crippen molar-refractivity contribution in [2.75, 3.05) is 6.61 Å². The number of fused-ring (bicyclic) bond motifs is 4. The molecule has 0 unspecified atom stereocenters. The number of allylic oxidation sites excluding steroid dienone is 4. The molecule has 1 heterocycles. The summed E-state index contributed by atoms with van der Waals surface area (Å²) < 4.78 is 11.9. The molecule has 0 aromatic rings. The van der Waals surface area contributed by atoms with Crippen molar-refractivity contribution in [2.45, 2.75) is 143 Å². The molecule has 2 saturated carbocycles. The van der Waals surface area contributed by atoms with Crippen molar-refractivity contribution < 1.29 is 29.9 Å². The maximum absolute atomic E-state index is 10.5. The molecule has 41 heavy (non-hydrogen) atoms. The van der Waals surface area contributed by atoms with Crippen LogP contribution >= 0.6 is 0 Å².